The van der Waals surface area contributed by atoms with Crippen LogP contribution in [0.5, 0.6) is 0 Å². The van der Waals surface area contributed by atoms with Crippen LogP contribution >= 0.6 is 0 Å². The number of amides is 1. The van der Waals surface area contributed by atoms with Crippen LogP contribution in [0.25, 0.3) is 0 Å². The van der Waals surface area contributed by atoms with E-state index >= 15 is 0 Å². The first-order valence-corrected chi connectivity index (χ1v) is 6.35. The molecule has 0 saturated carbocycles. The van der Waals surface area contributed by atoms with Crippen molar-refractivity contribution in [2.24, 2.45) is 0 Å². The summed E-state index contributed by atoms with van der Waals surface area (Å²) in [5.74, 6) is 0.111. The maximum Gasteiger partial charge on any atom is 0.236 e. The molecule has 4 heteroatoms. The Labute approximate surface area is 98.8 Å². The second-order valence-electron chi connectivity index (χ2n) is 4.71. The van der Waals surface area contributed by atoms with Crippen molar-refractivity contribution >= 4 is 5.91 Å². The smallest absolute Gasteiger partial charge is 0.236 e. The van der Waals surface area contributed by atoms with E-state index in [2.05, 4.69) is 22.6 Å². The number of hydrogen-bond acceptors (Lipinski definition) is 3. The molecule has 1 heterocycles. The van der Waals surface area contributed by atoms with Crippen LogP contribution in [-0.4, -0.2) is 49.6 Å². The lowest BCUT2D eigenvalue weighted by molar-refractivity contribution is -0.122. The van der Waals surface area contributed by atoms with Gasteiger partial charge in [0.25, 0.3) is 0 Å². The highest BCUT2D eigenvalue weighted by molar-refractivity contribution is 5.81. The number of likely N-dealkylation sites (N-methyl/N-ethyl adjacent to an activating group) is 1. The van der Waals surface area contributed by atoms with E-state index in [4.69, 9.17) is 0 Å². The number of carbonyl (C=O) groups is 1. The van der Waals surface area contributed by atoms with E-state index in [1.807, 2.05) is 13.8 Å². The maximum atomic E-state index is 11.6. The molecule has 1 saturated heterocycles. The van der Waals surface area contributed by atoms with Crippen LogP contribution in [0.15, 0.2) is 0 Å². The van der Waals surface area contributed by atoms with Gasteiger partial charge in [0, 0.05) is 12.6 Å². The molecule has 1 rings (SSSR count). The number of nitrogens with zero attached hydrogens (tertiary/aromatic N) is 1. The Kier molecular flexibility index (Phi) is 5.77. The van der Waals surface area contributed by atoms with Gasteiger partial charge in [-0.25, -0.2) is 0 Å². The summed E-state index contributed by atoms with van der Waals surface area (Å²) >= 11 is 0. The van der Waals surface area contributed by atoms with Gasteiger partial charge in [-0.3, -0.25) is 4.79 Å². The Balaban J connectivity index is 2.32. The standard InChI is InChI=1S/C12H25N3O/c1-4-13-12(16)10(2)14-11-6-5-8-15(3)9-7-11/h10-11,14H,4-9H2,1-3H3,(H,13,16). The zero-order valence-corrected chi connectivity index (χ0v) is 10.8. The fourth-order valence-electron chi connectivity index (χ4n) is 2.16. The van der Waals surface area contributed by atoms with E-state index in [1.165, 1.54) is 19.4 Å². The molecule has 1 fully saturated rings. The van der Waals surface area contributed by atoms with E-state index in [9.17, 15) is 4.79 Å². The van der Waals surface area contributed by atoms with E-state index < -0.39 is 0 Å². The summed E-state index contributed by atoms with van der Waals surface area (Å²) < 4.78 is 0. The number of carbonyl (C=O) groups excluding carboxylic acids is 1. The molecule has 4 nitrogen and oxygen atoms in total. The molecule has 0 radical (unpaired) electrons. The van der Waals surface area contributed by atoms with Crippen molar-refractivity contribution in [2.75, 3.05) is 26.7 Å². The molecule has 2 N–H and O–H groups in total. The zero-order chi connectivity index (χ0) is 12.0. The number of rotatable bonds is 4. The Hall–Kier alpha value is -0.610. The first-order valence-electron chi connectivity index (χ1n) is 6.35. The molecule has 0 aromatic heterocycles. The first kappa shape index (κ1) is 13.5. The number of likely N-dealkylation sites (tertiary alicyclic amines) is 1. The molecule has 1 amide bonds. The van der Waals surface area contributed by atoms with E-state index in [-0.39, 0.29) is 11.9 Å². The summed E-state index contributed by atoms with van der Waals surface area (Å²) in [5, 5.41) is 6.27. The van der Waals surface area contributed by atoms with Crippen LogP contribution in [0.1, 0.15) is 33.1 Å². The third kappa shape index (κ3) is 4.49. The van der Waals surface area contributed by atoms with Gasteiger partial charge in [-0.2, -0.15) is 0 Å². The van der Waals surface area contributed by atoms with Crippen LogP contribution in [0, 0.1) is 0 Å². The van der Waals surface area contributed by atoms with Gasteiger partial charge in [-0.1, -0.05) is 0 Å². The lowest BCUT2D eigenvalue weighted by atomic mass is 10.1. The largest absolute Gasteiger partial charge is 0.355 e. The minimum absolute atomic E-state index is 0.0756. The lowest BCUT2D eigenvalue weighted by Gasteiger charge is -2.21. The molecule has 0 spiro atoms. The van der Waals surface area contributed by atoms with Crippen molar-refractivity contribution in [1.29, 1.82) is 0 Å². The van der Waals surface area contributed by atoms with Crippen LogP contribution in [0.4, 0.5) is 0 Å². The van der Waals surface area contributed by atoms with Crippen LogP contribution in [0.3, 0.4) is 0 Å². The molecule has 1 aliphatic heterocycles. The predicted octanol–water partition coefficient (Wildman–Crippen LogP) is 0.585. The predicted molar refractivity (Wildman–Crippen MR) is 66.4 cm³/mol. The van der Waals surface area contributed by atoms with Crippen molar-refractivity contribution in [2.45, 2.75) is 45.2 Å². The van der Waals surface area contributed by atoms with Gasteiger partial charge >= 0.3 is 0 Å². The first-order chi connectivity index (χ1) is 7.63. The quantitative estimate of drug-likeness (QED) is 0.738. The monoisotopic (exact) mass is 227 g/mol. The summed E-state index contributed by atoms with van der Waals surface area (Å²) in [6.45, 7) is 6.90. The molecule has 0 aromatic carbocycles. The normalized spacial score (nSPS) is 24.8. The summed E-state index contributed by atoms with van der Waals surface area (Å²) in [6, 6.07) is 0.413. The van der Waals surface area contributed by atoms with E-state index in [0.29, 0.717) is 12.6 Å². The summed E-state index contributed by atoms with van der Waals surface area (Å²) in [7, 11) is 2.16. The van der Waals surface area contributed by atoms with Crippen LogP contribution in [-0.2, 0) is 4.79 Å². The Bertz CT molecular complexity index is 220. The Morgan fingerprint density at radius 2 is 2.19 bits per heavy atom. The second-order valence-corrected chi connectivity index (χ2v) is 4.71. The molecule has 2 atom stereocenters. The maximum absolute atomic E-state index is 11.6. The molecule has 1 aliphatic rings. The second kappa shape index (κ2) is 6.86. The third-order valence-corrected chi connectivity index (χ3v) is 3.18. The minimum atomic E-state index is -0.0756. The third-order valence-electron chi connectivity index (χ3n) is 3.18. The van der Waals surface area contributed by atoms with Crippen molar-refractivity contribution < 1.29 is 4.79 Å². The molecular weight excluding hydrogens is 202 g/mol. The fourth-order valence-corrected chi connectivity index (χ4v) is 2.16. The van der Waals surface area contributed by atoms with Gasteiger partial charge in [0.1, 0.15) is 0 Å². The van der Waals surface area contributed by atoms with Gasteiger partial charge in [0.2, 0.25) is 5.91 Å². The van der Waals surface area contributed by atoms with Crippen LogP contribution < -0.4 is 10.6 Å². The van der Waals surface area contributed by atoms with Crippen molar-refractivity contribution in [3.8, 4) is 0 Å². The summed E-state index contributed by atoms with van der Waals surface area (Å²) in [5.41, 5.74) is 0. The highest BCUT2D eigenvalue weighted by Gasteiger charge is 2.19. The zero-order valence-electron chi connectivity index (χ0n) is 10.8. The van der Waals surface area contributed by atoms with Crippen molar-refractivity contribution in [3.63, 3.8) is 0 Å². The molecular formula is C12H25N3O. The van der Waals surface area contributed by atoms with Gasteiger partial charge in [0.15, 0.2) is 0 Å². The van der Waals surface area contributed by atoms with Gasteiger partial charge in [-0.05, 0) is 53.2 Å². The summed E-state index contributed by atoms with van der Waals surface area (Å²) in [4.78, 5) is 13.9. The Morgan fingerprint density at radius 3 is 2.88 bits per heavy atom. The molecule has 0 aliphatic carbocycles. The van der Waals surface area contributed by atoms with E-state index in [0.717, 1.165) is 13.0 Å². The molecule has 0 aromatic rings. The fraction of sp³-hybridized carbons (Fsp3) is 0.917. The average Bonchev–Trinajstić information content (AvgIpc) is 2.44. The highest BCUT2D eigenvalue weighted by Crippen LogP contribution is 2.10. The lowest BCUT2D eigenvalue weighted by Crippen LogP contribution is -2.46. The minimum Gasteiger partial charge on any atom is -0.355 e. The number of nitrogens with one attached hydrogen (secondary N) is 2. The summed E-state index contributed by atoms with van der Waals surface area (Å²) in [6.07, 6.45) is 3.53. The van der Waals surface area contributed by atoms with Gasteiger partial charge in [0.05, 0.1) is 6.04 Å². The van der Waals surface area contributed by atoms with Crippen LogP contribution in [0.2, 0.25) is 0 Å². The average molecular weight is 227 g/mol. The Morgan fingerprint density at radius 1 is 1.44 bits per heavy atom. The topological polar surface area (TPSA) is 44.4 Å². The molecule has 0 bridgehead atoms. The van der Waals surface area contributed by atoms with Crippen molar-refractivity contribution in [1.82, 2.24) is 15.5 Å². The SMILES string of the molecule is CCNC(=O)C(C)NC1CCCN(C)CC1. The number of hydrogen-bond donors (Lipinski definition) is 2. The van der Waals surface area contributed by atoms with Crippen molar-refractivity contribution in [3.05, 3.63) is 0 Å². The van der Waals surface area contributed by atoms with Gasteiger partial charge < -0.3 is 15.5 Å². The molecule has 16 heavy (non-hydrogen) atoms. The highest BCUT2D eigenvalue weighted by atomic mass is 16.2. The molecule has 2 unspecified atom stereocenters. The van der Waals surface area contributed by atoms with E-state index in [1.54, 1.807) is 0 Å². The molecule has 94 valence electrons. The van der Waals surface area contributed by atoms with Gasteiger partial charge in [-0.15, -0.1) is 0 Å².